The number of carbonyl (C=O) groups is 1. The molecule has 19 heavy (non-hydrogen) atoms. The van der Waals surface area contributed by atoms with Crippen molar-refractivity contribution >= 4 is 11.6 Å². The number of nitrogens with zero attached hydrogens (tertiary/aromatic N) is 1. The molecule has 0 radical (unpaired) electrons. The molecule has 1 unspecified atom stereocenters. The summed E-state index contributed by atoms with van der Waals surface area (Å²) in [6.07, 6.45) is 4.46. The molecule has 1 saturated heterocycles. The molecule has 1 atom stereocenters. The predicted octanol–water partition coefficient (Wildman–Crippen LogP) is 3.06. The number of benzene rings is 1. The zero-order valence-corrected chi connectivity index (χ0v) is 12.0. The number of hydrogen-bond acceptors (Lipinski definition) is 2. The normalized spacial score (nSPS) is 16.4. The summed E-state index contributed by atoms with van der Waals surface area (Å²) < 4.78 is 0. The third-order valence-electron chi connectivity index (χ3n) is 3.70. The number of likely N-dealkylation sites (tertiary alicyclic amines) is 1. The molecule has 0 saturated carbocycles. The van der Waals surface area contributed by atoms with Crippen molar-refractivity contribution in [3.63, 3.8) is 0 Å². The van der Waals surface area contributed by atoms with Gasteiger partial charge in [0.05, 0.1) is 0 Å². The van der Waals surface area contributed by atoms with E-state index in [1.54, 1.807) is 0 Å². The van der Waals surface area contributed by atoms with Crippen LogP contribution in [0, 0.1) is 0 Å². The zero-order valence-electron chi connectivity index (χ0n) is 12.0. The fraction of sp³-hybridized carbons (Fsp3) is 0.562. The number of hydrogen-bond donors (Lipinski definition) is 1. The van der Waals surface area contributed by atoms with Crippen LogP contribution in [-0.2, 0) is 11.2 Å². The first-order chi connectivity index (χ1) is 9.22. The van der Waals surface area contributed by atoms with Gasteiger partial charge >= 0.3 is 0 Å². The van der Waals surface area contributed by atoms with Crippen LogP contribution in [0.5, 0.6) is 0 Å². The maximum Gasteiger partial charge on any atom is 0.244 e. The van der Waals surface area contributed by atoms with E-state index in [0.29, 0.717) is 0 Å². The Labute approximate surface area is 116 Å². The van der Waals surface area contributed by atoms with Gasteiger partial charge in [-0.2, -0.15) is 0 Å². The Balaban J connectivity index is 2.01. The highest BCUT2D eigenvalue weighted by molar-refractivity contribution is 5.84. The van der Waals surface area contributed by atoms with Crippen LogP contribution < -0.4 is 5.32 Å². The molecule has 1 aromatic carbocycles. The second-order valence-corrected chi connectivity index (χ2v) is 5.31. The van der Waals surface area contributed by atoms with E-state index < -0.39 is 0 Å². The number of para-hydroxylation sites is 1. The number of aryl methyl sites for hydroxylation is 1. The Bertz CT molecular complexity index is 425. The van der Waals surface area contributed by atoms with Gasteiger partial charge in [-0.15, -0.1) is 0 Å². The highest BCUT2D eigenvalue weighted by Gasteiger charge is 2.23. The first kappa shape index (κ1) is 13.9. The van der Waals surface area contributed by atoms with Gasteiger partial charge in [0.25, 0.3) is 0 Å². The van der Waals surface area contributed by atoms with Crippen LogP contribution in [0.15, 0.2) is 24.3 Å². The molecule has 3 nitrogen and oxygen atoms in total. The van der Waals surface area contributed by atoms with E-state index in [9.17, 15) is 4.79 Å². The minimum Gasteiger partial charge on any atom is -0.374 e. The van der Waals surface area contributed by atoms with Crippen LogP contribution in [0.3, 0.4) is 0 Å². The van der Waals surface area contributed by atoms with Crippen molar-refractivity contribution in [3.05, 3.63) is 29.8 Å². The van der Waals surface area contributed by atoms with Gasteiger partial charge in [0, 0.05) is 18.8 Å². The van der Waals surface area contributed by atoms with Gasteiger partial charge in [0.2, 0.25) is 5.91 Å². The summed E-state index contributed by atoms with van der Waals surface area (Å²) in [7, 11) is 0. The minimum absolute atomic E-state index is 0.142. The quantitative estimate of drug-likeness (QED) is 0.882. The lowest BCUT2D eigenvalue weighted by Crippen LogP contribution is -2.39. The minimum atomic E-state index is -0.142. The van der Waals surface area contributed by atoms with Crippen LogP contribution in [0.2, 0.25) is 0 Å². The average Bonchev–Trinajstić information content (AvgIpc) is 2.94. The maximum absolute atomic E-state index is 12.3. The SMILES string of the molecule is CCCc1ccccc1NC(C)C(=O)N1CCCC1. The van der Waals surface area contributed by atoms with Gasteiger partial charge in [-0.25, -0.2) is 0 Å². The average molecular weight is 260 g/mol. The molecule has 0 bridgehead atoms. The van der Waals surface area contributed by atoms with E-state index in [0.717, 1.165) is 44.5 Å². The van der Waals surface area contributed by atoms with E-state index in [1.165, 1.54) is 5.56 Å². The molecule has 2 rings (SSSR count). The van der Waals surface area contributed by atoms with Gasteiger partial charge in [-0.1, -0.05) is 31.5 Å². The van der Waals surface area contributed by atoms with Gasteiger partial charge in [-0.05, 0) is 37.8 Å². The third-order valence-corrected chi connectivity index (χ3v) is 3.70. The lowest BCUT2D eigenvalue weighted by molar-refractivity contribution is -0.130. The zero-order chi connectivity index (χ0) is 13.7. The second-order valence-electron chi connectivity index (χ2n) is 5.31. The molecule has 0 aliphatic carbocycles. The van der Waals surface area contributed by atoms with E-state index in [4.69, 9.17) is 0 Å². The van der Waals surface area contributed by atoms with Crippen molar-refractivity contribution in [3.8, 4) is 0 Å². The van der Waals surface area contributed by atoms with E-state index in [-0.39, 0.29) is 11.9 Å². The number of anilines is 1. The number of amides is 1. The maximum atomic E-state index is 12.3. The van der Waals surface area contributed by atoms with Crippen molar-refractivity contribution in [1.82, 2.24) is 4.90 Å². The van der Waals surface area contributed by atoms with Crippen LogP contribution >= 0.6 is 0 Å². The summed E-state index contributed by atoms with van der Waals surface area (Å²) in [6, 6.07) is 8.14. The van der Waals surface area contributed by atoms with Crippen molar-refractivity contribution < 1.29 is 4.79 Å². The van der Waals surface area contributed by atoms with Crippen molar-refractivity contribution in [2.45, 2.75) is 45.6 Å². The summed E-state index contributed by atoms with van der Waals surface area (Å²) in [5.74, 6) is 0.226. The molecule has 1 aliphatic rings. The van der Waals surface area contributed by atoms with Gasteiger partial charge in [-0.3, -0.25) is 4.79 Å². The largest absolute Gasteiger partial charge is 0.374 e. The van der Waals surface area contributed by atoms with Crippen molar-refractivity contribution in [2.75, 3.05) is 18.4 Å². The Morgan fingerprint density at radius 3 is 2.68 bits per heavy atom. The molecule has 1 amide bonds. The molecule has 104 valence electrons. The first-order valence-corrected chi connectivity index (χ1v) is 7.35. The molecule has 1 heterocycles. The van der Waals surface area contributed by atoms with Crippen LogP contribution in [0.25, 0.3) is 0 Å². The lowest BCUT2D eigenvalue weighted by Gasteiger charge is -2.23. The molecule has 0 spiro atoms. The van der Waals surface area contributed by atoms with Crippen LogP contribution in [0.4, 0.5) is 5.69 Å². The molecular weight excluding hydrogens is 236 g/mol. The number of nitrogens with one attached hydrogen (secondary N) is 1. The van der Waals surface area contributed by atoms with Gasteiger partial charge in [0.15, 0.2) is 0 Å². The monoisotopic (exact) mass is 260 g/mol. The van der Waals surface area contributed by atoms with Gasteiger partial charge < -0.3 is 10.2 Å². The van der Waals surface area contributed by atoms with Crippen molar-refractivity contribution in [2.24, 2.45) is 0 Å². The third kappa shape index (κ3) is 3.49. The fourth-order valence-corrected chi connectivity index (χ4v) is 2.65. The molecule has 1 aliphatic heterocycles. The first-order valence-electron chi connectivity index (χ1n) is 7.35. The Hall–Kier alpha value is -1.51. The van der Waals surface area contributed by atoms with Crippen LogP contribution in [0.1, 0.15) is 38.7 Å². The van der Waals surface area contributed by atoms with E-state index in [1.807, 2.05) is 17.9 Å². The molecule has 1 fully saturated rings. The molecule has 1 N–H and O–H groups in total. The fourth-order valence-electron chi connectivity index (χ4n) is 2.65. The second kappa shape index (κ2) is 6.60. The molecule has 3 heteroatoms. The van der Waals surface area contributed by atoms with Gasteiger partial charge in [0.1, 0.15) is 6.04 Å². The lowest BCUT2D eigenvalue weighted by atomic mass is 10.1. The summed E-state index contributed by atoms with van der Waals surface area (Å²) >= 11 is 0. The van der Waals surface area contributed by atoms with E-state index >= 15 is 0 Å². The smallest absolute Gasteiger partial charge is 0.244 e. The van der Waals surface area contributed by atoms with Crippen molar-refractivity contribution in [1.29, 1.82) is 0 Å². The Morgan fingerprint density at radius 2 is 2.00 bits per heavy atom. The summed E-state index contributed by atoms with van der Waals surface area (Å²) in [4.78, 5) is 14.3. The summed E-state index contributed by atoms with van der Waals surface area (Å²) in [5.41, 5.74) is 2.40. The molecule has 0 aromatic heterocycles. The van der Waals surface area contributed by atoms with E-state index in [2.05, 4.69) is 30.4 Å². The predicted molar refractivity (Wildman–Crippen MR) is 79.3 cm³/mol. The standard InChI is InChI=1S/C16H24N2O/c1-3-8-14-9-4-5-10-15(14)17-13(2)16(19)18-11-6-7-12-18/h4-5,9-10,13,17H,3,6-8,11-12H2,1-2H3. The highest BCUT2D eigenvalue weighted by atomic mass is 16.2. The topological polar surface area (TPSA) is 32.3 Å². The summed E-state index contributed by atoms with van der Waals surface area (Å²) in [5, 5.41) is 3.38. The Morgan fingerprint density at radius 1 is 1.32 bits per heavy atom. The number of rotatable bonds is 5. The Kier molecular flexibility index (Phi) is 4.83. The van der Waals surface area contributed by atoms with Crippen LogP contribution in [-0.4, -0.2) is 29.9 Å². The molecule has 1 aromatic rings. The molecular formula is C16H24N2O. The number of carbonyl (C=O) groups excluding carboxylic acids is 1. The highest BCUT2D eigenvalue weighted by Crippen LogP contribution is 2.19. The summed E-state index contributed by atoms with van der Waals surface area (Å²) in [6.45, 7) is 5.97.